The second-order valence-corrected chi connectivity index (χ2v) is 6.82. The summed E-state index contributed by atoms with van der Waals surface area (Å²) in [6.07, 6.45) is 5.24. The third-order valence-corrected chi connectivity index (χ3v) is 5.15. The van der Waals surface area contributed by atoms with Gasteiger partial charge in [-0.15, -0.1) is 23.1 Å². The minimum absolute atomic E-state index is 0.128. The maximum absolute atomic E-state index is 12.5. The topological polar surface area (TPSA) is 54.9 Å². The van der Waals surface area contributed by atoms with E-state index in [9.17, 15) is 4.79 Å². The molecule has 0 spiro atoms. The molecule has 1 amide bonds. The molecule has 116 valence electrons. The highest BCUT2D eigenvalue weighted by Gasteiger charge is 2.13. The molecular formula is C17H15N3OS2. The molecule has 3 heterocycles. The number of rotatable bonds is 5. The lowest BCUT2D eigenvalue weighted by molar-refractivity contribution is 0.102. The van der Waals surface area contributed by atoms with Crippen molar-refractivity contribution >= 4 is 34.0 Å². The van der Waals surface area contributed by atoms with Crippen LogP contribution < -0.4 is 5.32 Å². The molecule has 0 saturated carbocycles. The molecule has 0 unspecified atom stereocenters. The minimum Gasteiger partial charge on any atom is -0.313 e. The van der Waals surface area contributed by atoms with Crippen molar-refractivity contribution in [2.24, 2.45) is 0 Å². The van der Waals surface area contributed by atoms with Gasteiger partial charge in [0.15, 0.2) is 0 Å². The quantitative estimate of drug-likeness (QED) is 0.699. The van der Waals surface area contributed by atoms with E-state index in [4.69, 9.17) is 0 Å². The lowest BCUT2D eigenvalue weighted by Gasteiger charge is -2.08. The summed E-state index contributed by atoms with van der Waals surface area (Å²) in [7, 11) is 0. The third kappa shape index (κ3) is 4.18. The van der Waals surface area contributed by atoms with Crippen LogP contribution in [0.4, 0.5) is 5.00 Å². The van der Waals surface area contributed by atoms with Crippen LogP contribution in [-0.2, 0) is 5.75 Å². The molecule has 0 bridgehead atoms. The molecule has 23 heavy (non-hydrogen) atoms. The van der Waals surface area contributed by atoms with Gasteiger partial charge >= 0.3 is 0 Å². The molecule has 0 aliphatic heterocycles. The summed E-state index contributed by atoms with van der Waals surface area (Å²) in [4.78, 5) is 20.8. The maximum atomic E-state index is 12.5. The van der Waals surface area contributed by atoms with E-state index < -0.39 is 0 Å². The Balaban J connectivity index is 1.73. The van der Waals surface area contributed by atoms with Crippen LogP contribution in [0.2, 0.25) is 0 Å². The van der Waals surface area contributed by atoms with E-state index in [0.717, 1.165) is 26.9 Å². The molecule has 0 aliphatic rings. The smallest absolute Gasteiger partial charge is 0.259 e. The summed E-state index contributed by atoms with van der Waals surface area (Å²) in [5.41, 5.74) is 2.89. The largest absolute Gasteiger partial charge is 0.313 e. The van der Waals surface area contributed by atoms with Gasteiger partial charge in [-0.1, -0.05) is 0 Å². The predicted octanol–water partition coefficient (Wildman–Crippen LogP) is 4.39. The highest BCUT2D eigenvalue weighted by atomic mass is 32.2. The lowest BCUT2D eigenvalue weighted by atomic mass is 10.2. The molecule has 4 nitrogen and oxygen atoms in total. The molecule has 3 rings (SSSR count). The molecule has 0 saturated heterocycles. The van der Waals surface area contributed by atoms with Crippen LogP contribution in [-0.4, -0.2) is 15.9 Å². The van der Waals surface area contributed by atoms with Crippen LogP contribution in [0.15, 0.2) is 59.3 Å². The van der Waals surface area contributed by atoms with Gasteiger partial charge in [-0.2, -0.15) is 0 Å². The fraction of sp³-hybridized carbons (Fsp3) is 0.118. The van der Waals surface area contributed by atoms with E-state index in [1.165, 1.54) is 11.3 Å². The van der Waals surface area contributed by atoms with Crippen molar-refractivity contribution in [2.75, 3.05) is 5.32 Å². The summed E-state index contributed by atoms with van der Waals surface area (Å²) >= 11 is 3.07. The Hall–Kier alpha value is -2.18. The lowest BCUT2D eigenvalue weighted by Crippen LogP contribution is -2.12. The second kappa shape index (κ2) is 7.39. The average Bonchev–Trinajstić information content (AvgIpc) is 2.99. The van der Waals surface area contributed by atoms with Gasteiger partial charge in [0.05, 0.1) is 10.6 Å². The van der Waals surface area contributed by atoms with Gasteiger partial charge < -0.3 is 5.32 Å². The summed E-state index contributed by atoms with van der Waals surface area (Å²) in [5.74, 6) is 0.620. The van der Waals surface area contributed by atoms with Crippen molar-refractivity contribution < 1.29 is 4.79 Å². The number of aryl methyl sites for hydroxylation is 1. The summed E-state index contributed by atoms with van der Waals surface area (Å²) < 4.78 is 0. The first-order valence-electron chi connectivity index (χ1n) is 7.05. The van der Waals surface area contributed by atoms with E-state index in [1.807, 2.05) is 30.5 Å². The monoisotopic (exact) mass is 341 g/mol. The zero-order valence-electron chi connectivity index (χ0n) is 12.5. The van der Waals surface area contributed by atoms with Gasteiger partial charge in [0.1, 0.15) is 5.03 Å². The number of thioether (sulfide) groups is 1. The van der Waals surface area contributed by atoms with E-state index >= 15 is 0 Å². The summed E-state index contributed by atoms with van der Waals surface area (Å²) in [6, 6.07) is 9.47. The number of amides is 1. The molecule has 0 atom stereocenters. The van der Waals surface area contributed by atoms with Crippen LogP contribution in [0.5, 0.6) is 0 Å². The fourth-order valence-electron chi connectivity index (χ4n) is 1.99. The molecule has 0 radical (unpaired) electrons. The number of pyridine rings is 2. The molecule has 0 fully saturated rings. The third-order valence-electron chi connectivity index (χ3n) is 3.11. The number of nitrogens with one attached hydrogen (secondary N) is 1. The van der Waals surface area contributed by atoms with Crippen molar-refractivity contribution in [3.63, 3.8) is 0 Å². The van der Waals surface area contributed by atoms with E-state index in [1.54, 1.807) is 42.5 Å². The van der Waals surface area contributed by atoms with Gasteiger partial charge in [0.2, 0.25) is 0 Å². The fourth-order valence-corrected chi connectivity index (χ4v) is 3.72. The number of hydrogen-bond acceptors (Lipinski definition) is 5. The van der Waals surface area contributed by atoms with Gasteiger partial charge in [-0.3, -0.25) is 9.78 Å². The number of aromatic nitrogens is 2. The molecule has 0 aliphatic carbocycles. The zero-order valence-corrected chi connectivity index (χ0v) is 14.2. The normalized spacial score (nSPS) is 10.5. The highest BCUT2D eigenvalue weighted by molar-refractivity contribution is 7.98. The maximum Gasteiger partial charge on any atom is 0.259 e. The van der Waals surface area contributed by atoms with Crippen molar-refractivity contribution in [3.8, 4) is 0 Å². The first kappa shape index (κ1) is 15.7. The highest BCUT2D eigenvalue weighted by Crippen LogP contribution is 2.26. The molecule has 0 aromatic carbocycles. The number of carbonyl (C=O) groups excluding carboxylic acids is 1. The van der Waals surface area contributed by atoms with Crippen LogP contribution in [0.3, 0.4) is 0 Å². The van der Waals surface area contributed by atoms with Gasteiger partial charge in [-0.25, -0.2) is 4.98 Å². The van der Waals surface area contributed by atoms with Crippen LogP contribution >= 0.6 is 23.1 Å². The van der Waals surface area contributed by atoms with Crippen molar-refractivity contribution in [3.05, 3.63) is 71.0 Å². The Labute approximate surface area is 143 Å². The number of anilines is 1. The predicted molar refractivity (Wildman–Crippen MR) is 95.0 cm³/mol. The Bertz CT molecular complexity index is 802. The number of nitrogens with zero attached hydrogens (tertiary/aromatic N) is 2. The summed E-state index contributed by atoms with van der Waals surface area (Å²) in [6.45, 7) is 2.01. The van der Waals surface area contributed by atoms with Crippen LogP contribution in [0, 0.1) is 6.92 Å². The zero-order chi connectivity index (χ0) is 16.1. The van der Waals surface area contributed by atoms with E-state index in [0.29, 0.717) is 5.56 Å². The SMILES string of the molecule is Cc1csc(NC(=O)c2cccnc2SCc2ccncc2)c1. The van der Waals surface area contributed by atoms with Gasteiger partial charge in [-0.05, 0) is 53.8 Å². The second-order valence-electron chi connectivity index (χ2n) is 4.94. The Morgan fingerprint density at radius 3 is 2.83 bits per heavy atom. The van der Waals surface area contributed by atoms with Gasteiger partial charge in [0.25, 0.3) is 5.91 Å². The molecular weight excluding hydrogens is 326 g/mol. The molecule has 1 N–H and O–H groups in total. The first-order valence-corrected chi connectivity index (χ1v) is 8.92. The standard InChI is InChI=1S/C17H15N3OS2/c1-12-9-15(22-10-12)20-16(21)14-3-2-6-19-17(14)23-11-13-4-7-18-8-5-13/h2-10H,11H2,1H3,(H,20,21). The van der Waals surface area contributed by atoms with Crippen molar-refractivity contribution in [1.82, 2.24) is 9.97 Å². The Morgan fingerprint density at radius 1 is 1.26 bits per heavy atom. The molecule has 6 heteroatoms. The average molecular weight is 341 g/mol. The van der Waals surface area contributed by atoms with E-state index in [-0.39, 0.29) is 5.91 Å². The van der Waals surface area contributed by atoms with Gasteiger partial charge in [0, 0.05) is 24.3 Å². The van der Waals surface area contributed by atoms with Crippen LogP contribution in [0.25, 0.3) is 0 Å². The van der Waals surface area contributed by atoms with Crippen LogP contribution in [0.1, 0.15) is 21.5 Å². The number of thiophene rings is 1. The minimum atomic E-state index is -0.128. The Morgan fingerprint density at radius 2 is 2.09 bits per heavy atom. The van der Waals surface area contributed by atoms with Crippen molar-refractivity contribution in [1.29, 1.82) is 0 Å². The Kier molecular flexibility index (Phi) is 5.05. The first-order chi connectivity index (χ1) is 11.2. The number of carbonyl (C=O) groups is 1. The molecule has 3 aromatic rings. The van der Waals surface area contributed by atoms with E-state index in [2.05, 4.69) is 15.3 Å². The molecule has 3 aromatic heterocycles. The number of hydrogen-bond donors (Lipinski definition) is 1. The van der Waals surface area contributed by atoms with Crippen molar-refractivity contribution in [2.45, 2.75) is 17.7 Å². The summed E-state index contributed by atoms with van der Waals surface area (Å²) in [5, 5.41) is 6.53.